The maximum atomic E-state index is 5.20. The molecule has 0 fully saturated rings. The van der Waals surface area contributed by atoms with Crippen molar-refractivity contribution in [1.29, 1.82) is 0 Å². The van der Waals surface area contributed by atoms with Crippen molar-refractivity contribution in [3.63, 3.8) is 0 Å². The molecule has 3 aromatic rings. The molecule has 1 aromatic heterocycles. The number of nitrogens with zero attached hydrogens (tertiary/aromatic N) is 3. The molecule has 1 aliphatic heterocycles. The highest BCUT2D eigenvalue weighted by molar-refractivity contribution is 5.70. The van der Waals surface area contributed by atoms with Crippen LogP contribution < -0.4 is 15.0 Å². The van der Waals surface area contributed by atoms with E-state index in [1.165, 1.54) is 11.3 Å². The number of nitrogens with one attached hydrogen (secondary N) is 1. The number of rotatable bonds is 4. The maximum Gasteiger partial charge on any atom is 0.229 e. The van der Waals surface area contributed by atoms with Crippen LogP contribution >= 0.6 is 0 Å². The van der Waals surface area contributed by atoms with Gasteiger partial charge >= 0.3 is 0 Å². The minimum Gasteiger partial charge on any atom is -0.497 e. The zero-order valence-corrected chi connectivity index (χ0v) is 15.2. The van der Waals surface area contributed by atoms with Gasteiger partial charge in [0.1, 0.15) is 11.6 Å². The van der Waals surface area contributed by atoms with Crippen LogP contribution in [0.25, 0.3) is 0 Å². The number of hydrogen-bond acceptors (Lipinski definition) is 5. The first kappa shape index (κ1) is 16.4. The van der Waals surface area contributed by atoms with Crippen LogP contribution in [0.1, 0.15) is 18.2 Å². The molecule has 0 saturated carbocycles. The van der Waals surface area contributed by atoms with Crippen LogP contribution in [0.4, 0.5) is 23.1 Å². The van der Waals surface area contributed by atoms with E-state index in [1.807, 2.05) is 37.3 Å². The van der Waals surface area contributed by atoms with Crippen LogP contribution in [-0.4, -0.2) is 23.1 Å². The second-order valence-electron chi connectivity index (χ2n) is 6.60. The molecule has 5 heteroatoms. The van der Waals surface area contributed by atoms with Gasteiger partial charge in [0, 0.05) is 29.2 Å². The minimum atomic E-state index is 0.371. The van der Waals surface area contributed by atoms with Gasteiger partial charge in [-0.3, -0.25) is 0 Å². The van der Waals surface area contributed by atoms with Crippen molar-refractivity contribution in [2.45, 2.75) is 26.3 Å². The Bertz CT molecular complexity index is 924. The fourth-order valence-electron chi connectivity index (χ4n) is 3.45. The summed E-state index contributed by atoms with van der Waals surface area (Å²) in [5.41, 5.74) is 4.45. The maximum absolute atomic E-state index is 5.20. The summed E-state index contributed by atoms with van der Waals surface area (Å²) < 4.78 is 5.20. The predicted octanol–water partition coefficient (Wildman–Crippen LogP) is 4.62. The van der Waals surface area contributed by atoms with Gasteiger partial charge in [-0.2, -0.15) is 4.98 Å². The van der Waals surface area contributed by atoms with E-state index < -0.39 is 0 Å². The molecule has 1 atom stereocenters. The molecule has 2 heterocycles. The lowest BCUT2D eigenvalue weighted by Crippen LogP contribution is -2.25. The molecule has 26 heavy (non-hydrogen) atoms. The smallest absolute Gasteiger partial charge is 0.229 e. The zero-order valence-electron chi connectivity index (χ0n) is 15.2. The number of methoxy groups -OCH3 is 1. The first-order valence-electron chi connectivity index (χ1n) is 8.78. The van der Waals surface area contributed by atoms with Gasteiger partial charge in [0.2, 0.25) is 5.95 Å². The average Bonchev–Trinajstić information content (AvgIpc) is 2.97. The number of para-hydroxylation sites is 1. The Labute approximate surface area is 153 Å². The number of ether oxygens (including phenoxy) is 1. The Morgan fingerprint density at radius 1 is 1.08 bits per heavy atom. The van der Waals surface area contributed by atoms with E-state index in [9.17, 15) is 0 Å². The third-order valence-corrected chi connectivity index (χ3v) is 4.64. The third-order valence-electron chi connectivity index (χ3n) is 4.64. The van der Waals surface area contributed by atoms with Crippen molar-refractivity contribution in [1.82, 2.24) is 9.97 Å². The van der Waals surface area contributed by atoms with E-state index in [1.54, 1.807) is 7.11 Å². The summed E-state index contributed by atoms with van der Waals surface area (Å²) >= 11 is 0. The molecule has 132 valence electrons. The van der Waals surface area contributed by atoms with Crippen molar-refractivity contribution < 1.29 is 4.74 Å². The first-order chi connectivity index (χ1) is 12.6. The molecular weight excluding hydrogens is 324 g/mol. The molecule has 0 saturated heterocycles. The fourth-order valence-corrected chi connectivity index (χ4v) is 3.45. The summed E-state index contributed by atoms with van der Waals surface area (Å²) in [7, 11) is 1.66. The average molecular weight is 346 g/mol. The van der Waals surface area contributed by atoms with Gasteiger partial charge in [-0.25, -0.2) is 4.98 Å². The summed E-state index contributed by atoms with van der Waals surface area (Å²) in [5, 5.41) is 3.29. The minimum absolute atomic E-state index is 0.371. The topological polar surface area (TPSA) is 50.3 Å². The summed E-state index contributed by atoms with van der Waals surface area (Å²) in [4.78, 5) is 11.6. The highest BCUT2D eigenvalue weighted by Crippen LogP contribution is 2.37. The molecule has 1 aliphatic rings. The Balaban J connectivity index is 1.66. The van der Waals surface area contributed by atoms with Crippen molar-refractivity contribution in [3.8, 4) is 5.75 Å². The number of aryl methyl sites for hydroxylation is 1. The molecule has 5 nitrogen and oxygen atoms in total. The Morgan fingerprint density at radius 3 is 2.62 bits per heavy atom. The molecule has 1 N–H and O–H groups in total. The predicted molar refractivity (Wildman–Crippen MR) is 105 cm³/mol. The summed E-state index contributed by atoms with van der Waals surface area (Å²) in [6.07, 6.45) is 1.03. The van der Waals surface area contributed by atoms with Gasteiger partial charge in [0.15, 0.2) is 0 Å². The SMILES string of the molecule is COc1ccc(Nc2nc(C)cc(N3c4ccccc4CC3C)n2)cc1. The van der Waals surface area contributed by atoms with Crippen molar-refractivity contribution in [2.75, 3.05) is 17.3 Å². The normalized spacial score (nSPS) is 15.7. The van der Waals surface area contributed by atoms with Crippen LogP contribution in [0.5, 0.6) is 5.75 Å². The molecule has 0 spiro atoms. The lowest BCUT2D eigenvalue weighted by molar-refractivity contribution is 0.415. The largest absolute Gasteiger partial charge is 0.497 e. The second-order valence-corrected chi connectivity index (χ2v) is 6.60. The summed E-state index contributed by atoms with van der Waals surface area (Å²) in [5.74, 6) is 2.34. The monoisotopic (exact) mass is 346 g/mol. The van der Waals surface area contributed by atoms with Gasteiger partial charge in [0.05, 0.1) is 7.11 Å². The van der Waals surface area contributed by atoms with Crippen LogP contribution in [0.3, 0.4) is 0 Å². The zero-order chi connectivity index (χ0) is 18.1. The molecule has 0 radical (unpaired) electrons. The van der Waals surface area contributed by atoms with Crippen LogP contribution in [0.2, 0.25) is 0 Å². The molecule has 0 bridgehead atoms. The van der Waals surface area contributed by atoms with E-state index in [4.69, 9.17) is 9.72 Å². The Hall–Kier alpha value is -3.08. The van der Waals surface area contributed by atoms with E-state index in [2.05, 4.69) is 46.4 Å². The number of hydrogen-bond donors (Lipinski definition) is 1. The van der Waals surface area contributed by atoms with Gasteiger partial charge in [0.25, 0.3) is 0 Å². The van der Waals surface area contributed by atoms with E-state index in [0.717, 1.165) is 29.4 Å². The van der Waals surface area contributed by atoms with Crippen LogP contribution in [0, 0.1) is 6.92 Å². The van der Waals surface area contributed by atoms with Crippen LogP contribution in [-0.2, 0) is 6.42 Å². The van der Waals surface area contributed by atoms with Crippen molar-refractivity contribution >= 4 is 23.1 Å². The number of fused-ring (bicyclic) bond motifs is 1. The highest BCUT2D eigenvalue weighted by atomic mass is 16.5. The van der Waals surface area contributed by atoms with Crippen molar-refractivity contribution in [3.05, 3.63) is 65.9 Å². The van der Waals surface area contributed by atoms with Gasteiger partial charge in [-0.15, -0.1) is 0 Å². The lowest BCUT2D eigenvalue weighted by Gasteiger charge is -2.24. The van der Waals surface area contributed by atoms with Gasteiger partial charge < -0.3 is 15.0 Å². The van der Waals surface area contributed by atoms with E-state index in [0.29, 0.717) is 12.0 Å². The number of benzene rings is 2. The number of anilines is 4. The molecule has 0 amide bonds. The summed E-state index contributed by atoms with van der Waals surface area (Å²) in [6.45, 7) is 4.23. The highest BCUT2D eigenvalue weighted by Gasteiger charge is 2.28. The standard InChI is InChI=1S/C21H22N4O/c1-14-12-20(25-15(2)13-16-6-4-5-7-19(16)25)24-21(22-14)23-17-8-10-18(26-3)11-9-17/h4-12,15H,13H2,1-3H3,(H,22,23,24). The first-order valence-corrected chi connectivity index (χ1v) is 8.78. The molecule has 4 rings (SSSR count). The third kappa shape index (κ3) is 3.08. The Morgan fingerprint density at radius 2 is 1.85 bits per heavy atom. The molecule has 1 unspecified atom stereocenters. The van der Waals surface area contributed by atoms with Gasteiger partial charge in [-0.05, 0) is 56.2 Å². The Kier molecular flexibility index (Phi) is 4.21. The fraction of sp³-hybridized carbons (Fsp3) is 0.238. The van der Waals surface area contributed by atoms with E-state index >= 15 is 0 Å². The second kappa shape index (κ2) is 6.67. The van der Waals surface area contributed by atoms with Crippen LogP contribution in [0.15, 0.2) is 54.6 Å². The quantitative estimate of drug-likeness (QED) is 0.747. The summed E-state index contributed by atoms with van der Waals surface area (Å²) in [6, 6.07) is 18.7. The van der Waals surface area contributed by atoms with E-state index in [-0.39, 0.29) is 0 Å². The van der Waals surface area contributed by atoms with Gasteiger partial charge in [-0.1, -0.05) is 18.2 Å². The number of aromatic nitrogens is 2. The molecule has 0 aliphatic carbocycles. The molecule has 2 aromatic carbocycles. The van der Waals surface area contributed by atoms with Crippen molar-refractivity contribution in [2.24, 2.45) is 0 Å². The lowest BCUT2D eigenvalue weighted by atomic mass is 10.1. The molecular formula is C21H22N4O.